The van der Waals surface area contributed by atoms with Crippen molar-refractivity contribution in [1.29, 1.82) is 0 Å². The van der Waals surface area contributed by atoms with Crippen LogP contribution in [0.5, 0.6) is 0 Å². The fourth-order valence-corrected chi connectivity index (χ4v) is 4.20. The van der Waals surface area contributed by atoms with Crippen LogP contribution >= 0.6 is 11.3 Å². The molecule has 1 amide bonds. The van der Waals surface area contributed by atoms with Crippen molar-refractivity contribution in [3.63, 3.8) is 0 Å². The van der Waals surface area contributed by atoms with Gasteiger partial charge in [0.05, 0.1) is 6.04 Å². The molecule has 0 saturated carbocycles. The molecule has 1 N–H and O–H groups in total. The van der Waals surface area contributed by atoms with Crippen LogP contribution in [0.2, 0.25) is 0 Å². The normalized spacial score (nSPS) is 26.9. The van der Waals surface area contributed by atoms with Gasteiger partial charge in [-0.05, 0) is 61.0 Å². The Balaban J connectivity index is 1.53. The molecular formula is C16H24N2OS. The van der Waals surface area contributed by atoms with Gasteiger partial charge in [0.25, 0.3) is 0 Å². The second-order valence-corrected chi connectivity index (χ2v) is 6.77. The third-order valence-corrected chi connectivity index (χ3v) is 5.32. The van der Waals surface area contributed by atoms with Crippen molar-refractivity contribution in [2.24, 2.45) is 0 Å². The van der Waals surface area contributed by atoms with Gasteiger partial charge in [-0.15, -0.1) is 0 Å². The number of rotatable bonds is 4. The molecule has 3 rings (SSSR count). The molecule has 2 aliphatic heterocycles. The molecule has 2 unspecified atom stereocenters. The van der Waals surface area contributed by atoms with E-state index >= 15 is 0 Å². The standard InChI is InChI=1S/C16H24N2OS/c19-16(7-6-14-4-1-2-9-17-14)18-10-3-5-15(18)13-8-11-20-12-13/h8,11-12,14-15,17H,1-7,9-10H2. The first-order valence-corrected chi connectivity index (χ1v) is 8.84. The van der Waals surface area contributed by atoms with E-state index in [1.165, 1.54) is 24.8 Å². The summed E-state index contributed by atoms with van der Waals surface area (Å²) in [4.78, 5) is 14.6. The molecule has 1 aromatic rings. The van der Waals surface area contributed by atoms with Gasteiger partial charge in [-0.3, -0.25) is 4.79 Å². The van der Waals surface area contributed by atoms with Crippen molar-refractivity contribution < 1.29 is 4.79 Å². The predicted octanol–water partition coefficient (Wildman–Crippen LogP) is 3.33. The maximum atomic E-state index is 12.5. The number of hydrogen-bond acceptors (Lipinski definition) is 3. The zero-order valence-electron chi connectivity index (χ0n) is 12.0. The largest absolute Gasteiger partial charge is 0.336 e. The lowest BCUT2D eigenvalue weighted by Gasteiger charge is -2.27. The molecule has 110 valence electrons. The highest BCUT2D eigenvalue weighted by atomic mass is 32.1. The molecule has 2 aliphatic rings. The number of nitrogens with one attached hydrogen (secondary N) is 1. The number of piperidine rings is 1. The van der Waals surface area contributed by atoms with Gasteiger partial charge in [-0.25, -0.2) is 0 Å². The second kappa shape index (κ2) is 6.72. The molecule has 4 heteroatoms. The molecule has 2 fully saturated rings. The van der Waals surface area contributed by atoms with Crippen LogP contribution in [-0.2, 0) is 4.79 Å². The van der Waals surface area contributed by atoms with Gasteiger partial charge >= 0.3 is 0 Å². The third-order valence-electron chi connectivity index (χ3n) is 4.62. The van der Waals surface area contributed by atoms with Crippen LogP contribution < -0.4 is 5.32 Å². The maximum Gasteiger partial charge on any atom is 0.223 e. The van der Waals surface area contributed by atoms with E-state index in [1.807, 2.05) is 0 Å². The summed E-state index contributed by atoms with van der Waals surface area (Å²) in [7, 11) is 0. The van der Waals surface area contributed by atoms with E-state index in [0.717, 1.165) is 32.4 Å². The number of thiophene rings is 1. The summed E-state index contributed by atoms with van der Waals surface area (Å²) in [6.45, 7) is 2.07. The Hall–Kier alpha value is -0.870. The van der Waals surface area contributed by atoms with Gasteiger partial charge in [-0.2, -0.15) is 11.3 Å². The summed E-state index contributed by atoms with van der Waals surface area (Å²) in [5.41, 5.74) is 1.33. The van der Waals surface area contributed by atoms with Crippen LogP contribution in [0, 0.1) is 0 Å². The van der Waals surface area contributed by atoms with Crippen molar-refractivity contribution >= 4 is 17.2 Å². The Morgan fingerprint density at radius 3 is 3.05 bits per heavy atom. The van der Waals surface area contributed by atoms with Gasteiger partial charge in [0, 0.05) is 19.0 Å². The summed E-state index contributed by atoms with van der Waals surface area (Å²) >= 11 is 1.73. The fourth-order valence-electron chi connectivity index (χ4n) is 3.49. The Morgan fingerprint density at radius 1 is 1.35 bits per heavy atom. The smallest absolute Gasteiger partial charge is 0.223 e. The molecule has 2 saturated heterocycles. The van der Waals surface area contributed by atoms with Gasteiger partial charge in [0.1, 0.15) is 0 Å². The second-order valence-electron chi connectivity index (χ2n) is 5.99. The minimum Gasteiger partial charge on any atom is -0.336 e. The van der Waals surface area contributed by atoms with E-state index in [2.05, 4.69) is 27.0 Å². The van der Waals surface area contributed by atoms with E-state index in [9.17, 15) is 4.79 Å². The molecule has 0 aliphatic carbocycles. The molecule has 0 radical (unpaired) electrons. The molecule has 2 atom stereocenters. The van der Waals surface area contributed by atoms with Crippen LogP contribution in [0.25, 0.3) is 0 Å². The van der Waals surface area contributed by atoms with Crippen LogP contribution in [-0.4, -0.2) is 29.9 Å². The Bertz CT molecular complexity index is 426. The Kier molecular flexibility index (Phi) is 4.73. The van der Waals surface area contributed by atoms with Gasteiger partial charge in [-0.1, -0.05) is 6.42 Å². The molecule has 1 aromatic heterocycles. The Labute approximate surface area is 125 Å². The lowest BCUT2D eigenvalue weighted by Crippen LogP contribution is -2.36. The van der Waals surface area contributed by atoms with Crippen molar-refractivity contribution in [2.45, 2.75) is 57.0 Å². The van der Waals surface area contributed by atoms with Crippen molar-refractivity contribution in [3.05, 3.63) is 22.4 Å². The zero-order valence-corrected chi connectivity index (χ0v) is 12.8. The van der Waals surface area contributed by atoms with Crippen LogP contribution in [0.1, 0.15) is 56.6 Å². The highest BCUT2D eigenvalue weighted by Crippen LogP contribution is 2.33. The van der Waals surface area contributed by atoms with Gasteiger partial charge in [0.15, 0.2) is 0 Å². The molecule has 0 aromatic carbocycles. The van der Waals surface area contributed by atoms with Crippen LogP contribution in [0.3, 0.4) is 0 Å². The number of carbonyl (C=O) groups excluding carboxylic acids is 1. The lowest BCUT2D eigenvalue weighted by molar-refractivity contribution is -0.132. The summed E-state index contributed by atoms with van der Waals surface area (Å²) < 4.78 is 0. The summed E-state index contributed by atoms with van der Waals surface area (Å²) in [6, 6.07) is 3.08. The Morgan fingerprint density at radius 2 is 2.30 bits per heavy atom. The topological polar surface area (TPSA) is 32.3 Å². The molecule has 3 heterocycles. The summed E-state index contributed by atoms with van der Waals surface area (Å²) in [5.74, 6) is 0.353. The van der Waals surface area contributed by atoms with E-state index in [4.69, 9.17) is 0 Å². The molecule has 20 heavy (non-hydrogen) atoms. The monoisotopic (exact) mass is 292 g/mol. The average molecular weight is 292 g/mol. The number of likely N-dealkylation sites (tertiary alicyclic amines) is 1. The number of nitrogens with zero attached hydrogens (tertiary/aromatic N) is 1. The zero-order chi connectivity index (χ0) is 13.8. The first-order chi connectivity index (χ1) is 9.84. The highest BCUT2D eigenvalue weighted by Gasteiger charge is 2.30. The quantitative estimate of drug-likeness (QED) is 0.923. The molecular weight excluding hydrogens is 268 g/mol. The van der Waals surface area contributed by atoms with E-state index in [-0.39, 0.29) is 0 Å². The van der Waals surface area contributed by atoms with Crippen molar-refractivity contribution in [2.75, 3.05) is 13.1 Å². The van der Waals surface area contributed by atoms with E-state index < -0.39 is 0 Å². The van der Waals surface area contributed by atoms with Gasteiger partial charge < -0.3 is 10.2 Å². The van der Waals surface area contributed by atoms with E-state index in [1.54, 1.807) is 11.3 Å². The van der Waals surface area contributed by atoms with Crippen LogP contribution in [0.4, 0.5) is 0 Å². The molecule has 0 bridgehead atoms. The first-order valence-electron chi connectivity index (χ1n) is 7.89. The lowest BCUT2D eigenvalue weighted by atomic mass is 10.00. The minimum absolute atomic E-state index is 0.341. The van der Waals surface area contributed by atoms with Crippen LogP contribution in [0.15, 0.2) is 16.8 Å². The maximum absolute atomic E-state index is 12.5. The summed E-state index contributed by atoms with van der Waals surface area (Å²) in [5, 5.41) is 7.84. The predicted molar refractivity (Wildman–Crippen MR) is 82.9 cm³/mol. The van der Waals surface area contributed by atoms with Gasteiger partial charge in [0.2, 0.25) is 5.91 Å². The SMILES string of the molecule is O=C(CCC1CCCCN1)N1CCCC1c1ccsc1. The highest BCUT2D eigenvalue weighted by molar-refractivity contribution is 7.07. The first kappa shape index (κ1) is 14.1. The van der Waals surface area contributed by atoms with E-state index in [0.29, 0.717) is 24.4 Å². The number of amides is 1. The molecule has 0 spiro atoms. The van der Waals surface area contributed by atoms with Crippen molar-refractivity contribution in [3.8, 4) is 0 Å². The average Bonchev–Trinajstić information content (AvgIpc) is 3.15. The number of carbonyl (C=O) groups is 1. The third kappa shape index (κ3) is 3.23. The van der Waals surface area contributed by atoms with Crippen molar-refractivity contribution in [1.82, 2.24) is 10.2 Å². The fraction of sp³-hybridized carbons (Fsp3) is 0.688. The summed E-state index contributed by atoms with van der Waals surface area (Å²) in [6.07, 6.45) is 7.83. The minimum atomic E-state index is 0.341. The molecule has 3 nitrogen and oxygen atoms in total. The number of hydrogen-bond donors (Lipinski definition) is 1.